The Hall–Kier alpha value is -1.33. The molecule has 1 heterocycles. The normalized spacial score (nSPS) is 10.6. The summed E-state index contributed by atoms with van der Waals surface area (Å²) in [5.41, 5.74) is 0.265. The van der Waals surface area contributed by atoms with E-state index in [1.165, 1.54) is 0 Å². The summed E-state index contributed by atoms with van der Waals surface area (Å²) in [5, 5.41) is 6.08. The number of hydrogen-bond donors (Lipinski definition) is 2. The van der Waals surface area contributed by atoms with Crippen LogP contribution in [0.25, 0.3) is 0 Å². The van der Waals surface area contributed by atoms with E-state index >= 15 is 0 Å². The number of anilines is 1. The summed E-state index contributed by atoms with van der Waals surface area (Å²) >= 11 is 5.97. The minimum absolute atomic E-state index is 0.230. The fraction of sp³-hybridized carbons (Fsp3) is 0.538. The molecule has 1 aromatic rings. The average Bonchev–Trinajstić information content (AvgIpc) is 2.38. The third-order valence-corrected chi connectivity index (χ3v) is 2.94. The van der Waals surface area contributed by atoms with E-state index in [1.807, 2.05) is 14.1 Å². The van der Waals surface area contributed by atoms with Crippen LogP contribution in [0.3, 0.4) is 0 Å². The Morgan fingerprint density at radius 1 is 1.37 bits per heavy atom. The molecule has 5 nitrogen and oxygen atoms in total. The van der Waals surface area contributed by atoms with Crippen LogP contribution in [0.15, 0.2) is 12.1 Å². The topological polar surface area (TPSA) is 57.3 Å². The number of nitrogens with one attached hydrogen (secondary N) is 2. The second-order valence-corrected chi connectivity index (χ2v) is 4.95. The number of halogens is 1. The van der Waals surface area contributed by atoms with Gasteiger partial charge in [0.2, 0.25) is 0 Å². The van der Waals surface area contributed by atoms with Gasteiger partial charge in [-0.05, 0) is 45.6 Å². The SMILES string of the molecule is CNc1ccc(Cl)c(C(=O)NCCCCN(C)C)n1. The van der Waals surface area contributed by atoms with Crippen LogP contribution in [0.4, 0.5) is 5.82 Å². The molecule has 1 amide bonds. The Bertz CT molecular complexity index is 423. The first kappa shape index (κ1) is 15.7. The van der Waals surface area contributed by atoms with Crippen LogP contribution in [0.5, 0.6) is 0 Å². The Balaban J connectivity index is 2.45. The number of amides is 1. The molecular formula is C13H21ClN4O. The van der Waals surface area contributed by atoms with Crippen molar-refractivity contribution in [3.8, 4) is 0 Å². The molecule has 0 saturated carbocycles. The van der Waals surface area contributed by atoms with Gasteiger partial charge in [0.25, 0.3) is 5.91 Å². The number of rotatable bonds is 7. The number of aromatic nitrogens is 1. The molecule has 2 N–H and O–H groups in total. The van der Waals surface area contributed by atoms with Crippen molar-refractivity contribution >= 4 is 23.3 Å². The van der Waals surface area contributed by atoms with Gasteiger partial charge in [-0.1, -0.05) is 11.6 Å². The van der Waals surface area contributed by atoms with E-state index in [4.69, 9.17) is 11.6 Å². The van der Waals surface area contributed by atoms with Crippen molar-refractivity contribution in [3.63, 3.8) is 0 Å². The Kier molecular flexibility index (Phi) is 6.59. The van der Waals surface area contributed by atoms with Gasteiger partial charge in [0, 0.05) is 13.6 Å². The van der Waals surface area contributed by atoms with Crippen LogP contribution in [-0.2, 0) is 0 Å². The van der Waals surface area contributed by atoms with E-state index in [0.29, 0.717) is 17.4 Å². The molecular weight excluding hydrogens is 264 g/mol. The minimum atomic E-state index is -0.230. The summed E-state index contributed by atoms with van der Waals surface area (Å²) in [4.78, 5) is 18.2. The third-order valence-electron chi connectivity index (χ3n) is 2.63. The molecule has 0 unspecified atom stereocenters. The predicted octanol–water partition coefficient (Wildman–Crippen LogP) is 1.85. The quantitative estimate of drug-likeness (QED) is 0.750. The van der Waals surface area contributed by atoms with Gasteiger partial charge in [-0.3, -0.25) is 4.79 Å². The number of carbonyl (C=O) groups is 1. The first-order valence-electron chi connectivity index (χ1n) is 6.32. The fourth-order valence-electron chi connectivity index (χ4n) is 1.58. The maximum atomic E-state index is 11.9. The summed E-state index contributed by atoms with van der Waals surface area (Å²) in [7, 11) is 5.82. The van der Waals surface area contributed by atoms with Gasteiger partial charge in [0.05, 0.1) is 5.02 Å². The maximum absolute atomic E-state index is 11.9. The molecule has 6 heteroatoms. The Labute approximate surface area is 119 Å². The van der Waals surface area contributed by atoms with Crippen molar-refractivity contribution in [3.05, 3.63) is 22.8 Å². The van der Waals surface area contributed by atoms with E-state index < -0.39 is 0 Å². The Morgan fingerprint density at radius 2 is 2.11 bits per heavy atom. The van der Waals surface area contributed by atoms with Crippen molar-refractivity contribution in [2.45, 2.75) is 12.8 Å². The van der Waals surface area contributed by atoms with Gasteiger partial charge in [0.15, 0.2) is 0 Å². The molecule has 0 bridgehead atoms. The summed E-state index contributed by atoms with van der Waals surface area (Å²) in [6.45, 7) is 1.65. The lowest BCUT2D eigenvalue weighted by molar-refractivity contribution is 0.0948. The molecule has 0 aliphatic heterocycles. The van der Waals surface area contributed by atoms with Crippen LogP contribution >= 0.6 is 11.6 Å². The van der Waals surface area contributed by atoms with Gasteiger partial charge in [0.1, 0.15) is 11.5 Å². The zero-order valence-electron chi connectivity index (χ0n) is 11.7. The summed E-state index contributed by atoms with van der Waals surface area (Å²) in [5.74, 6) is 0.397. The smallest absolute Gasteiger partial charge is 0.271 e. The molecule has 1 aromatic heterocycles. The lowest BCUT2D eigenvalue weighted by Gasteiger charge is -2.10. The number of nitrogens with zero attached hydrogens (tertiary/aromatic N) is 2. The minimum Gasteiger partial charge on any atom is -0.373 e. The highest BCUT2D eigenvalue weighted by Gasteiger charge is 2.12. The molecule has 0 aliphatic rings. The number of carbonyl (C=O) groups excluding carboxylic acids is 1. The van der Waals surface area contributed by atoms with Gasteiger partial charge < -0.3 is 15.5 Å². The Morgan fingerprint density at radius 3 is 2.74 bits per heavy atom. The standard InChI is InChI=1S/C13H21ClN4O/c1-15-11-7-6-10(14)12(17-11)13(19)16-8-4-5-9-18(2)3/h6-7H,4-5,8-9H2,1-3H3,(H,15,17)(H,16,19). The third kappa shape index (κ3) is 5.44. The predicted molar refractivity (Wildman–Crippen MR) is 78.9 cm³/mol. The molecule has 0 fully saturated rings. The zero-order chi connectivity index (χ0) is 14.3. The van der Waals surface area contributed by atoms with Gasteiger partial charge in [-0.25, -0.2) is 4.98 Å². The molecule has 0 aliphatic carbocycles. The van der Waals surface area contributed by atoms with E-state index in [-0.39, 0.29) is 11.6 Å². The highest BCUT2D eigenvalue weighted by atomic mass is 35.5. The second kappa shape index (κ2) is 7.96. The van der Waals surface area contributed by atoms with Crippen LogP contribution < -0.4 is 10.6 Å². The van der Waals surface area contributed by atoms with Crippen molar-refractivity contribution in [1.82, 2.24) is 15.2 Å². The van der Waals surface area contributed by atoms with Gasteiger partial charge in [-0.2, -0.15) is 0 Å². The van der Waals surface area contributed by atoms with Crippen molar-refractivity contribution in [2.24, 2.45) is 0 Å². The number of hydrogen-bond acceptors (Lipinski definition) is 4. The van der Waals surface area contributed by atoms with Crippen LogP contribution in [0.1, 0.15) is 23.3 Å². The maximum Gasteiger partial charge on any atom is 0.271 e. The van der Waals surface area contributed by atoms with Crippen LogP contribution in [-0.4, -0.2) is 50.0 Å². The number of unbranched alkanes of at least 4 members (excludes halogenated alkanes) is 1. The van der Waals surface area contributed by atoms with Crippen molar-refractivity contribution in [1.29, 1.82) is 0 Å². The lowest BCUT2D eigenvalue weighted by Crippen LogP contribution is -2.26. The molecule has 0 aromatic carbocycles. The van der Waals surface area contributed by atoms with Crippen molar-refractivity contribution < 1.29 is 4.79 Å². The number of pyridine rings is 1. The molecule has 1 rings (SSSR count). The summed E-state index contributed by atoms with van der Waals surface area (Å²) in [6.07, 6.45) is 1.98. The zero-order valence-corrected chi connectivity index (χ0v) is 12.4. The lowest BCUT2D eigenvalue weighted by atomic mass is 10.3. The van der Waals surface area contributed by atoms with E-state index in [9.17, 15) is 4.79 Å². The first-order chi connectivity index (χ1) is 9.04. The highest BCUT2D eigenvalue weighted by molar-refractivity contribution is 6.33. The molecule has 0 saturated heterocycles. The molecule has 19 heavy (non-hydrogen) atoms. The van der Waals surface area contributed by atoms with Crippen molar-refractivity contribution in [2.75, 3.05) is 39.5 Å². The van der Waals surface area contributed by atoms with E-state index in [2.05, 4.69) is 20.5 Å². The first-order valence-corrected chi connectivity index (χ1v) is 6.69. The van der Waals surface area contributed by atoms with Crippen LogP contribution in [0.2, 0.25) is 5.02 Å². The fourth-order valence-corrected chi connectivity index (χ4v) is 1.77. The molecule has 106 valence electrons. The molecule has 0 spiro atoms. The highest BCUT2D eigenvalue weighted by Crippen LogP contribution is 2.16. The molecule has 0 atom stereocenters. The van der Waals surface area contributed by atoms with E-state index in [1.54, 1.807) is 19.2 Å². The average molecular weight is 285 g/mol. The van der Waals surface area contributed by atoms with Crippen LogP contribution in [0, 0.1) is 0 Å². The molecule has 0 radical (unpaired) electrons. The second-order valence-electron chi connectivity index (χ2n) is 4.54. The summed E-state index contributed by atoms with van der Waals surface area (Å²) < 4.78 is 0. The van der Waals surface area contributed by atoms with E-state index in [0.717, 1.165) is 19.4 Å². The van der Waals surface area contributed by atoms with Gasteiger partial charge in [-0.15, -0.1) is 0 Å². The van der Waals surface area contributed by atoms with Gasteiger partial charge >= 0.3 is 0 Å². The summed E-state index contributed by atoms with van der Waals surface area (Å²) in [6, 6.07) is 3.40. The monoisotopic (exact) mass is 284 g/mol. The largest absolute Gasteiger partial charge is 0.373 e.